The number of aromatic nitrogens is 3. The van der Waals surface area contributed by atoms with Crippen molar-refractivity contribution < 1.29 is 28.7 Å². The van der Waals surface area contributed by atoms with Gasteiger partial charge in [0.25, 0.3) is 17.4 Å². The summed E-state index contributed by atoms with van der Waals surface area (Å²) in [5.41, 5.74) is 3.65. The molecule has 0 spiro atoms. The van der Waals surface area contributed by atoms with Crippen LogP contribution in [0.25, 0.3) is 10.9 Å². The minimum absolute atomic E-state index is 0.0919. The second-order valence-corrected chi connectivity index (χ2v) is 18.6. The van der Waals surface area contributed by atoms with Gasteiger partial charge < -0.3 is 39.4 Å². The van der Waals surface area contributed by atoms with Crippen molar-refractivity contribution in [2.75, 3.05) is 50.1 Å². The first kappa shape index (κ1) is 43.9. The molecule has 16 nitrogen and oxygen atoms in total. The molecule has 3 N–H and O–H groups in total. The van der Waals surface area contributed by atoms with Crippen LogP contribution in [0.4, 0.5) is 17.5 Å². The summed E-state index contributed by atoms with van der Waals surface area (Å²) in [5, 5.41) is 9.93. The van der Waals surface area contributed by atoms with Gasteiger partial charge in [-0.2, -0.15) is 4.98 Å². The molecule has 4 aliphatic heterocycles. The third kappa shape index (κ3) is 8.89. The van der Waals surface area contributed by atoms with Crippen LogP contribution >= 0.6 is 23.2 Å². The highest BCUT2D eigenvalue weighted by molar-refractivity contribution is 6.33. The van der Waals surface area contributed by atoms with Gasteiger partial charge in [0.2, 0.25) is 17.8 Å². The first-order valence-electron chi connectivity index (χ1n) is 22.3. The number of benzene rings is 2. The largest absolute Gasteiger partial charge is 0.478 e. The SMILES string of the molecule is CNC(=O)COc1cc2cc(Nc3nc(N4CCC(O[C@H]5C[C@H](N6CCC(c7cc8c(cc7Cl)C(=O)N(C7CCC(=O)NC7=O)C8)CC6)C5)CC4)ncc3Cl)ccc2n(C(C)C)c1=O. The van der Waals surface area contributed by atoms with E-state index in [1.807, 2.05) is 32.0 Å². The van der Waals surface area contributed by atoms with Crippen molar-refractivity contribution in [3.05, 3.63) is 79.7 Å². The lowest BCUT2D eigenvalue weighted by atomic mass is 9.83. The summed E-state index contributed by atoms with van der Waals surface area (Å²) in [6.07, 6.45) is 8.32. The van der Waals surface area contributed by atoms with Crippen molar-refractivity contribution in [2.45, 2.75) is 108 Å². The summed E-state index contributed by atoms with van der Waals surface area (Å²) in [6.45, 7) is 7.39. The van der Waals surface area contributed by atoms with Crippen molar-refractivity contribution >= 4 is 75.2 Å². The number of fused-ring (bicyclic) bond motifs is 2. The highest BCUT2D eigenvalue weighted by Gasteiger charge is 2.41. The number of likely N-dealkylation sites (N-methyl/N-ethyl adjacent to an activating group) is 1. The molecular formula is C46H53Cl2N9O7. The number of carbonyl (C=O) groups is 4. The lowest BCUT2D eigenvalue weighted by Crippen LogP contribution is -2.52. The number of anilines is 3. The van der Waals surface area contributed by atoms with Crippen molar-refractivity contribution in [3.8, 4) is 5.75 Å². The molecular weight excluding hydrogens is 861 g/mol. The molecule has 4 fully saturated rings. The van der Waals surface area contributed by atoms with Gasteiger partial charge in [0.15, 0.2) is 18.2 Å². The van der Waals surface area contributed by atoms with E-state index in [2.05, 4.69) is 36.8 Å². The molecule has 1 aliphatic carbocycles. The highest BCUT2D eigenvalue weighted by atomic mass is 35.5. The molecule has 1 unspecified atom stereocenters. The Morgan fingerprint density at radius 2 is 1.70 bits per heavy atom. The van der Waals surface area contributed by atoms with Crippen LogP contribution in [-0.4, -0.2) is 112 Å². The van der Waals surface area contributed by atoms with Crippen LogP contribution in [0.1, 0.15) is 98.7 Å². The predicted molar refractivity (Wildman–Crippen MR) is 243 cm³/mol. The molecule has 4 aromatic rings. The fourth-order valence-electron chi connectivity index (χ4n) is 9.87. The van der Waals surface area contributed by atoms with Gasteiger partial charge in [-0.1, -0.05) is 29.3 Å². The predicted octanol–water partition coefficient (Wildman–Crippen LogP) is 5.70. The summed E-state index contributed by atoms with van der Waals surface area (Å²) < 4.78 is 13.9. The van der Waals surface area contributed by atoms with Gasteiger partial charge in [-0.05, 0) is 119 Å². The fraction of sp³-hybridized carbons (Fsp3) is 0.500. The number of piperidine rings is 3. The Morgan fingerprint density at radius 3 is 2.42 bits per heavy atom. The third-order valence-corrected chi connectivity index (χ3v) is 14.1. The van der Waals surface area contributed by atoms with Crippen LogP contribution in [0.15, 0.2) is 47.4 Å². The normalized spacial score (nSPS) is 22.2. The van der Waals surface area contributed by atoms with E-state index in [9.17, 15) is 24.0 Å². The zero-order chi connectivity index (χ0) is 44.8. The van der Waals surface area contributed by atoms with Crippen LogP contribution in [0, 0.1) is 0 Å². The summed E-state index contributed by atoms with van der Waals surface area (Å²) in [4.78, 5) is 78.2. The van der Waals surface area contributed by atoms with E-state index in [0.29, 0.717) is 58.0 Å². The number of nitrogens with zero attached hydrogens (tertiary/aromatic N) is 6. The van der Waals surface area contributed by atoms with Gasteiger partial charge in [0.1, 0.15) is 11.1 Å². The van der Waals surface area contributed by atoms with E-state index >= 15 is 0 Å². The first-order chi connectivity index (χ1) is 30.8. The Bertz CT molecular complexity index is 2550. The van der Waals surface area contributed by atoms with Crippen LogP contribution < -0.4 is 31.1 Å². The summed E-state index contributed by atoms with van der Waals surface area (Å²) in [6, 6.07) is 10.8. The zero-order valence-electron chi connectivity index (χ0n) is 36.2. The van der Waals surface area contributed by atoms with Crippen molar-refractivity contribution in [2.24, 2.45) is 0 Å². The summed E-state index contributed by atoms with van der Waals surface area (Å²) in [5.74, 6) is 0.188. The fourth-order valence-corrected chi connectivity index (χ4v) is 10.3. The van der Waals surface area contributed by atoms with E-state index in [1.165, 1.54) is 7.05 Å². The molecule has 5 aliphatic rings. The summed E-state index contributed by atoms with van der Waals surface area (Å²) in [7, 11) is 1.51. The molecule has 2 aromatic heterocycles. The molecule has 0 bridgehead atoms. The first-order valence-corrected chi connectivity index (χ1v) is 23.0. The van der Waals surface area contributed by atoms with Crippen LogP contribution in [0.5, 0.6) is 5.75 Å². The minimum atomic E-state index is -0.645. The third-order valence-electron chi connectivity index (χ3n) is 13.5. The average molecular weight is 915 g/mol. The van der Waals surface area contributed by atoms with Crippen LogP contribution in [0.2, 0.25) is 10.0 Å². The number of pyridine rings is 1. The number of imide groups is 1. The molecule has 6 heterocycles. The van der Waals surface area contributed by atoms with E-state index in [0.717, 1.165) is 86.7 Å². The molecule has 2 aromatic carbocycles. The topological polar surface area (TPSA) is 180 Å². The second kappa shape index (κ2) is 18.3. The van der Waals surface area contributed by atoms with Crippen molar-refractivity contribution in [1.82, 2.24) is 35.0 Å². The number of nitrogens with one attached hydrogen (secondary N) is 3. The number of rotatable bonds is 12. The van der Waals surface area contributed by atoms with Crippen LogP contribution in [0.3, 0.4) is 0 Å². The monoisotopic (exact) mass is 913 g/mol. The molecule has 4 amide bonds. The number of halogens is 2. The van der Waals surface area contributed by atoms with Gasteiger partial charge in [-0.25, -0.2) is 4.98 Å². The lowest BCUT2D eigenvalue weighted by Gasteiger charge is -2.47. The lowest BCUT2D eigenvalue weighted by molar-refractivity contribution is -0.137. The quantitative estimate of drug-likeness (QED) is 0.148. The Balaban J connectivity index is 0.746. The maximum atomic E-state index is 13.3. The molecule has 1 atom stereocenters. The van der Waals surface area contributed by atoms with Gasteiger partial charge in [0.05, 0.1) is 23.9 Å². The smallest absolute Gasteiger partial charge is 0.293 e. The van der Waals surface area contributed by atoms with Gasteiger partial charge in [-0.15, -0.1) is 0 Å². The second-order valence-electron chi connectivity index (χ2n) is 17.8. The Kier molecular flexibility index (Phi) is 12.6. The Hall–Kier alpha value is -5.29. The number of ether oxygens (including phenoxy) is 2. The molecule has 18 heteroatoms. The number of carbonyl (C=O) groups excluding carboxylic acids is 4. The number of hydrogen-bond acceptors (Lipinski definition) is 12. The molecule has 9 rings (SSSR count). The number of hydrogen-bond donors (Lipinski definition) is 3. The van der Waals surface area contributed by atoms with Gasteiger partial charge in [-0.3, -0.25) is 29.3 Å². The molecule has 0 radical (unpaired) electrons. The maximum absolute atomic E-state index is 13.3. The molecule has 64 heavy (non-hydrogen) atoms. The van der Waals surface area contributed by atoms with E-state index in [4.69, 9.17) is 37.7 Å². The minimum Gasteiger partial charge on any atom is -0.478 e. The molecule has 1 saturated carbocycles. The van der Waals surface area contributed by atoms with Crippen molar-refractivity contribution in [3.63, 3.8) is 0 Å². The van der Waals surface area contributed by atoms with Gasteiger partial charge >= 0.3 is 0 Å². The van der Waals surface area contributed by atoms with E-state index < -0.39 is 11.9 Å². The zero-order valence-corrected chi connectivity index (χ0v) is 37.7. The maximum Gasteiger partial charge on any atom is 0.293 e. The Labute approximate surface area is 380 Å². The molecule has 338 valence electrons. The van der Waals surface area contributed by atoms with E-state index in [1.54, 1.807) is 27.8 Å². The van der Waals surface area contributed by atoms with E-state index in [-0.39, 0.29) is 60.3 Å². The Morgan fingerprint density at radius 1 is 0.938 bits per heavy atom. The van der Waals surface area contributed by atoms with Crippen LogP contribution in [-0.2, 0) is 25.7 Å². The average Bonchev–Trinajstić information content (AvgIpc) is 3.58. The standard InChI is InChI=1S/C46H53Cl2N9O7/c1-25(2)57-37-5-4-29(16-27(37)18-39(45(57)62)63-24-41(59)49-3)51-42-36(48)22-50-46(53-42)55-14-10-31(11-15-55)64-32-19-30(20-32)54-12-8-26(9-13-54)33-17-28-23-56(44(61)34(28)21-35(33)47)38-6-7-40(58)52-43(38)60/h4-5,16-18,21-22,25-26,30-32,38H,6-15,19-20,23-24H2,1-3H3,(H,49,59)(H,50,51,53)(H,52,58,60)/t30-,32-,38?. The molecule has 3 saturated heterocycles. The highest BCUT2D eigenvalue weighted by Crippen LogP contribution is 2.41. The van der Waals surface area contributed by atoms with Gasteiger partial charge in [0, 0.05) is 66.8 Å². The number of likely N-dealkylation sites (tertiary alicyclic amines) is 1. The van der Waals surface area contributed by atoms with Crippen molar-refractivity contribution in [1.29, 1.82) is 0 Å². The number of amides is 4. The summed E-state index contributed by atoms with van der Waals surface area (Å²) >= 11 is 13.4.